The van der Waals surface area contributed by atoms with Crippen LogP contribution in [-0.4, -0.2) is 6.54 Å². The Balaban J connectivity index is 1.81. The molecule has 0 unspecified atom stereocenters. The summed E-state index contributed by atoms with van der Waals surface area (Å²) in [6, 6.07) is 15.3. The van der Waals surface area contributed by atoms with E-state index in [2.05, 4.69) is 66.8 Å². The van der Waals surface area contributed by atoms with E-state index in [0.29, 0.717) is 6.54 Å². The van der Waals surface area contributed by atoms with Crippen molar-refractivity contribution in [1.29, 1.82) is 0 Å². The second-order valence-electron chi connectivity index (χ2n) is 6.22. The van der Waals surface area contributed by atoms with Crippen LogP contribution in [0.15, 0.2) is 60.7 Å². The molecule has 23 heavy (non-hydrogen) atoms. The zero-order chi connectivity index (χ0) is 15.6. The fourth-order valence-electron chi connectivity index (χ4n) is 3.65. The molecule has 2 aliphatic rings. The average Bonchev–Trinajstić information content (AvgIpc) is 2.94. The van der Waals surface area contributed by atoms with Crippen LogP contribution < -0.4 is 5.73 Å². The Bertz CT molecular complexity index is 837. The summed E-state index contributed by atoms with van der Waals surface area (Å²) in [7, 11) is 0. The zero-order valence-corrected chi connectivity index (χ0v) is 13.3. The molecule has 2 aromatic carbocycles. The maximum Gasteiger partial charge on any atom is -0.00365 e. The summed E-state index contributed by atoms with van der Waals surface area (Å²) in [5.74, 6) is 0. The van der Waals surface area contributed by atoms with E-state index in [1.54, 1.807) is 0 Å². The molecule has 0 spiro atoms. The SMILES string of the molecule is NCCC1=C/C(=C\c2cccc3c2CC=CC3)c2ccccc21. The minimum absolute atomic E-state index is 0.693. The van der Waals surface area contributed by atoms with Crippen LogP contribution in [0.5, 0.6) is 0 Å². The van der Waals surface area contributed by atoms with Crippen molar-refractivity contribution in [1.82, 2.24) is 0 Å². The predicted molar refractivity (Wildman–Crippen MR) is 99.0 cm³/mol. The molecule has 0 fully saturated rings. The number of hydrogen-bond acceptors (Lipinski definition) is 1. The van der Waals surface area contributed by atoms with E-state index in [9.17, 15) is 0 Å². The van der Waals surface area contributed by atoms with Gasteiger partial charge in [0.15, 0.2) is 0 Å². The van der Waals surface area contributed by atoms with Crippen LogP contribution in [0.1, 0.15) is 34.2 Å². The second-order valence-corrected chi connectivity index (χ2v) is 6.22. The minimum atomic E-state index is 0.693. The third kappa shape index (κ3) is 2.58. The van der Waals surface area contributed by atoms with Gasteiger partial charge in [-0.15, -0.1) is 0 Å². The first kappa shape index (κ1) is 14.2. The van der Waals surface area contributed by atoms with Crippen LogP contribution >= 0.6 is 0 Å². The molecule has 2 N–H and O–H groups in total. The molecule has 0 radical (unpaired) electrons. The first-order valence-electron chi connectivity index (χ1n) is 8.34. The van der Waals surface area contributed by atoms with Crippen molar-refractivity contribution in [3.63, 3.8) is 0 Å². The third-order valence-electron chi connectivity index (χ3n) is 4.77. The summed E-state index contributed by atoms with van der Waals surface area (Å²) < 4.78 is 0. The van der Waals surface area contributed by atoms with Gasteiger partial charge in [-0.3, -0.25) is 0 Å². The van der Waals surface area contributed by atoms with Crippen molar-refractivity contribution in [2.75, 3.05) is 6.54 Å². The van der Waals surface area contributed by atoms with E-state index in [-0.39, 0.29) is 0 Å². The third-order valence-corrected chi connectivity index (χ3v) is 4.77. The van der Waals surface area contributed by atoms with Gasteiger partial charge < -0.3 is 5.73 Å². The highest BCUT2D eigenvalue weighted by atomic mass is 14.5. The summed E-state index contributed by atoms with van der Waals surface area (Å²) in [4.78, 5) is 0. The first-order chi connectivity index (χ1) is 11.4. The van der Waals surface area contributed by atoms with Gasteiger partial charge in [-0.2, -0.15) is 0 Å². The highest BCUT2D eigenvalue weighted by Gasteiger charge is 2.18. The number of hydrogen-bond donors (Lipinski definition) is 1. The fourth-order valence-corrected chi connectivity index (χ4v) is 3.65. The minimum Gasteiger partial charge on any atom is -0.330 e. The van der Waals surface area contributed by atoms with Crippen molar-refractivity contribution >= 4 is 17.2 Å². The van der Waals surface area contributed by atoms with Gasteiger partial charge in [0.05, 0.1) is 0 Å². The van der Waals surface area contributed by atoms with Gasteiger partial charge in [-0.25, -0.2) is 0 Å². The molecule has 0 aromatic heterocycles. The van der Waals surface area contributed by atoms with Gasteiger partial charge in [0.1, 0.15) is 0 Å². The predicted octanol–water partition coefficient (Wildman–Crippen LogP) is 4.63. The molecule has 2 aromatic rings. The number of nitrogens with two attached hydrogens (primary N) is 1. The normalized spacial score (nSPS) is 17.1. The topological polar surface area (TPSA) is 26.0 Å². The van der Waals surface area contributed by atoms with Crippen LogP contribution in [-0.2, 0) is 12.8 Å². The maximum absolute atomic E-state index is 5.79. The molecule has 2 aliphatic carbocycles. The summed E-state index contributed by atoms with van der Waals surface area (Å²) in [5.41, 5.74) is 15.4. The second kappa shape index (κ2) is 6.02. The van der Waals surface area contributed by atoms with E-state index < -0.39 is 0 Å². The molecule has 114 valence electrons. The van der Waals surface area contributed by atoms with Gasteiger partial charge in [0.2, 0.25) is 0 Å². The fraction of sp³-hybridized carbons (Fsp3) is 0.182. The smallest absolute Gasteiger partial charge is 0.00365 e. The Morgan fingerprint density at radius 1 is 0.913 bits per heavy atom. The maximum atomic E-state index is 5.79. The van der Waals surface area contributed by atoms with Crippen LogP contribution in [0, 0.1) is 0 Å². The monoisotopic (exact) mass is 299 g/mol. The van der Waals surface area contributed by atoms with Crippen molar-refractivity contribution in [3.05, 3.63) is 88.5 Å². The lowest BCUT2D eigenvalue weighted by molar-refractivity contribution is 1.02. The molecule has 0 saturated carbocycles. The lowest BCUT2D eigenvalue weighted by atomic mass is 9.91. The van der Waals surface area contributed by atoms with Crippen molar-refractivity contribution in [3.8, 4) is 0 Å². The number of fused-ring (bicyclic) bond motifs is 2. The molecule has 0 saturated heterocycles. The summed E-state index contributed by atoms with van der Waals surface area (Å²) >= 11 is 0. The van der Waals surface area contributed by atoms with Crippen molar-refractivity contribution in [2.45, 2.75) is 19.3 Å². The van der Waals surface area contributed by atoms with Gasteiger partial charge in [0, 0.05) is 0 Å². The van der Waals surface area contributed by atoms with Gasteiger partial charge in [-0.1, -0.05) is 60.7 Å². The Labute approximate surface area is 137 Å². The van der Waals surface area contributed by atoms with E-state index >= 15 is 0 Å². The number of benzene rings is 2. The van der Waals surface area contributed by atoms with E-state index in [1.807, 2.05) is 0 Å². The largest absolute Gasteiger partial charge is 0.330 e. The molecule has 1 heteroatoms. The van der Waals surface area contributed by atoms with Crippen LogP contribution in [0.4, 0.5) is 0 Å². The Morgan fingerprint density at radius 3 is 2.61 bits per heavy atom. The number of rotatable bonds is 3. The summed E-state index contributed by atoms with van der Waals surface area (Å²) in [6.45, 7) is 0.693. The molecule has 0 heterocycles. The Hall–Kier alpha value is -2.38. The summed E-state index contributed by atoms with van der Waals surface area (Å²) in [6.07, 6.45) is 12.2. The number of allylic oxidation sites excluding steroid dienone is 4. The van der Waals surface area contributed by atoms with Gasteiger partial charge in [0.25, 0.3) is 0 Å². The highest BCUT2D eigenvalue weighted by Crippen LogP contribution is 2.38. The Kier molecular flexibility index (Phi) is 3.72. The van der Waals surface area contributed by atoms with Crippen molar-refractivity contribution < 1.29 is 0 Å². The van der Waals surface area contributed by atoms with Crippen LogP contribution in [0.2, 0.25) is 0 Å². The molecule has 0 atom stereocenters. The quantitative estimate of drug-likeness (QED) is 0.822. The van der Waals surface area contributed by atoms with Crippen LogP contribution in [0.3, 0.4) is 0 Å². The Morgan fingerprint density at radius 2 is 1.74 bits per heavy atom. The lowest BCUT2D eigenvalue weighted by Crippen LogP contribution is -1.99. The zero-order valence-electron chi connectivity index (χ0n) is 13.3. The molecule has 1 nitrogen and oxygen atoms in total. The molecule has 0 bridgehead atoms. The average molecular weight is 299 g/mol. The van der Waals surface area contributed by atoms with E-state index in [4.69, 9.17) is 5.73 Å². The lowest BCUT2D eigenvalue weighted by Gasteiger charge is -2.14. The van der Waals surface area contributed by atoms with E-state index in [0.717, 1.165) is 19.3 Å². The summed E-state index contributed by atoms with van der Waals surface area (Å²) in [5, 5.41) is 0. The van der Waals surface area contributed by atoms with Crippen LogP contribution in [0.25, 0.3) is 17.2 Å². The standard InChI is InChI=1S/C22H21N/c23-13-12-18-15-19(22-11-4-3-10-21(18)22)14-17-8-5-7-16-6-1-2-9-20(16)17/h1-5,7-8,10-11,14-15H,6,9,12-13,23H2/b19-14+. The van der Waals surface area contributed by atoms with E-state index in [1.165, 1.54) is 39.0 Å². The molecular weight excluding hydrogens is 278 g/mol. The molecule has 4 rings (SSSR count). The van der Waals surface area contributed by atoms with Gasteiger partial charge in [-0.05, 0) is 70.8 Å². The highest BCUT2D eigenvalue weighted by molar-refractivity contribution is 6.01. The molecule has 0 aliphatic heterocycles. The molecular formula is C22H21N. The van der Waals surface area contributed by atoms with Gasteiger partial charge >= 0.3 is 0 Å². The molecule has 0 amide bonds. The van der Waals surface area contributed by atoms with Crippen molar-refractivity contribution in [2.24, 2.45) is 5.73 Å². The first-order valence-corrected chi connectivity index (χ1v) is 8.34.